The van der Waals surface area contributed by atoms with Crippen LogP contribution in [0.15, 0.2) is 11.4 Å². The molecule has 0 aromatic carbocycles. The van der Waals surface area contributed by atoms with Gasteiger partial charge in [-0.25, -0.2) is 0 Å². The summed E-state index contributed by atoms with van der Waals surface area (Å²) in [6, 6.07) is 2.08. The molecule has 1 heterocycles. The average molecular weight is 142 g/mol. The van der Waals surface area contributed by atoms with Crippen LogP contribution in [0.4, 0.5) is 0 Å². The highest BCUT2D eigenvalue weighted by molar-refractivity contribution is 7.10. The zero-order valence-electron chi connectivity index (χ0n) is 5.35. The van der Waals surface area contributed by atoms with Crippen LogP contribution in [0, 0.1) is 6.92 Å². The van der Waals surface area contributed by atoms with Crippen LogP contribution in [0.3, 0.4) is 0 Å². The fraction of sp³-hybridized carbons (Fsp3) is 0.333. The first kappa shape index (κ1) is 6.74. The molecule has 9 heavy (non-hydrogen) atoms. The predicted octanol–water partition coefficient (Wildman–Crippen LogP) is 1.02. The van der Waals surface area contributed by atoms with Crippen molar-refractivity contribution in [1.29, 1.82) is 0 Å². The maximum atomic E-state index is 5.14. The van der Waals surface area contributed by atoms with Crippen LogP contribution < -0.4 is 11.3 Å². The normalized spacial score (nSPS) is 10.0. The van der Waals surface area contributed by atoms with Gasteiger partial charge in [0.05, 0.1) is 0 Å². The summed E-state index contributed by atoms with van der Waals surface area (Å²) in [6.07, 6.45) is 0. The quantitative estimate of drug-likeness (QED) is 0.478. The minimum atomic E-state index is 0.773. The first-order chi connectivity index (χ1) is 4.34. The maximum Gasteiger partial charge on any atom is 0.0359 e. The van der Waals surface area contributed by atoms with Gasteiger partial charge in [0.1, 0.15) is 0 Å². The molecule has 50 valence electrons. The van der Waals surface area contributed by atoms with Gasteiger partial charge < -0.3 is 0 Å². The van der Waals surface area contributed by atoms with Crippen LogP contribution in [0.5, 0.6) is 0 Å². The Kier molecular flexibility index (Phi) is 2.22. The van der Waals surface area contributed by atoms with Gasteiger partial charge in [-0.15, -0.1) is 11.3 Å². The first-order valence-electron chi connectivity index (χ1n) is 2.81. The van der Waals surface area contributed by atoms with Crippen molar-refractivity contribution >= 4 is 11.3 Å². The lowest BCUT2D eigenvalue weighted by atomic mass is 10.3. The standard InChI is InChI=1S/C6H10N2S/c1-5-6(4-8-7)2-3-9-5/h2-3,8H,4,7H2,1H3. The van der Waals surface area contributed by atoms with Crippen molar-refractivity contribution in [3.63, 3.8) is 0 Å². The lowest BCUT2D eigenvalue weighted by molar-refractivity contribution is 0.740. The van der Waals surface area contributed by atoms with Gasteiger partial charge in [-0.1, -0.05) is 0 Å². The summed E-state index contributed by atoms with van der Waals surface area (Å²) in [7, 11) is 0. The van der Waals surface area contributed by atoms with Gasteiger partial charge in [-0.05, 0) is 23.9 Å². The molecule has 0 aliphatic rings. The number of thiophene rings is 1. The van der Waals surface area contributed by atoms with Crippen molar-refractivity contribution in [2.75, 3.05) is 0 Å². The summed E-state index contributed by atoms with van der Waals surface area (Å²) in [6.45, 7) is 2.87. The van der Waals surface area contributed by atoms with E-state index >= 15 is 0 Å². The number of hydrazine groups is 1. The van der Waals surface area contributed by atoms with Crippen molar-refractivity contribution in [2.24, 2.45) is 5.84 Å². The highest BCUT2D eigenvalue weighted by atomic mass is 32.1. The van der Waals surface area contributed by atoms with Crippen molar-refractivity contribution in [1.82, 2.24) is 5.43 Å². The van der Waals surface area contributed by atoms with Gasteiger partial charge in [0.25, 0.3) is 0 Å². The number of hydrogen-bond donors (Lipinski definition) is 2. The SMILES string of the molecule is Cc1sccc1CNN. The molecule has 0 bridgehead atoms. The Morgan fingerprint density at radius 2 is 2.56 bits per heavy atom. The highest BCUT2D eigenvalue weighted by Crippen LogP contribution is 2.13. The van der Waals surface area contributed by atoms with Crippen LogP contribution in [0.25, 0.3) is 0 Å². The molecule has 0 unspecified atom stereocenters. The minimum absolute atomic E-state index is 0.773. The number of nitrogens with one attached hydrogen (secondary N) is 1. The number of aryl methyl sites for hydroxylation is 1. The lowest BCUT2D eigenvalue weighted by Gasteiger charge is -1.94. The summed E-state index contributed by atoms with van der Waals surface area (Å²) in [5.74, 6) is 5.14. The Bertz CT molecular complexity index is 183. The molecule has 0 amide bonds. The molecule has 0 radical (unpaired) electrons. The van der Waals surface area contributed by atoms with Crippen LogP contribution in [-0.2, 0) is 6.54 Å². The summed E-state index contributed by atoms with van der Waals surface area (Å²) >= 11 is 1.75. The minimum Gasteiger partial charge on any atom is -0.271 e. The Hall–Kier alpha value is -0.380. The molecule has 0 saturated carbocycles. The number of hydrogen-bond acceptors (Lipinski definition) is 3. The Labute approximate surface area is 58.7 Å². The predicted molar refractivity (Wildman–Crippen MR) is 40.1 cm³/mol. The van der Waals surface area contributed by atoms with E-state index in [9.17, 15) is 0 Å². The molecule has 0 aliphatic heterocycles. The Morgan fingerprint density at radius 3 is 3.00 bits per heavy atom. The van der Waals surface area contributed by atoms with E-state index in [0.717, 1.165) is 6.54 Å². The van der Waals surface area contributed by atoms with E-state index in [1.165, 1.54) is 10.4 Å². The molecule has 1 rings (SSSR count). The third-order valence-corrected chi connectivity index (χ3v) is 2.15. The molecule has 2 nitrogen and oxygen atoms in total. The topological polar surface area (TPSA) is 38.0 Å². The largest absolute Gasteiger partial charge is 0.271 e. The number of rotatable bonds is 2. The van der Waals surface area contributed by atoms with E-state index in [1.54, 1.807) is 11.3 Å². The van der Waals surface area contributed by atoms with E-state index < -0.39 is 0 Å². The second kappa shape index (κ2) is 2.96. The molecule has 1 aromatic heterocycles. The molecule has 0 atom stereocenters. The van der Waals surface area contributed by atoms with Gasteiger partial charge in [0.2, 0.25) is 0 Å². The Morgan fingerprint density at radius 1 is 1.78 bits per heavy atom. The van der Waals surface area contributed by atoms with Crippen molar-refractivity contribution in [3.05, 3.63) is 21.9 Å². The van der Waals surface area contributed by atoms with Crippen LogP contribution >= 0.6 is 11.3 Å². The van der Waals surface area contributed by atoms with Crippen LogP contribution in [0.2, 0.25) is 0 Å². The molecular weight excluding hydrogens is 132 g/mol. The third kappa shape index (κ3) is 1.51. The average Bonchev–Trinajstić information content (AvgIpc) is 2.18. The van der Waals surface area contributed by atoms with E-state index in [1.807, 2.05) is 0 Å². The van der Waals surface area contributed by atoms with Gasteiger partial charge >= 0.3 is 0 Å². The maximum absolute atomic E-state index is 5.14. The zero-order valence-corrected chi connectivity index (χ0v) is 6.16. The third-order valence-electron chi connectivity index (χ3n) is 1.26. The monoisotopic (exact) mass is 142 g/mol. The van der Waals surface area contributed by atoms with E-state index in [4.69, 9.17) is 5.84 Å². The van der Waals surface area contributed by atoms with Gasteiger partial charge in [-0.2, -0.15) is 0 Å². The van der Waals surface area contributed by atoms with Crippen molar-refractivity contribution in [3.8, 4) is 0 Å². The summed E-state index contributed by atoms with van der Waals surface area (Å²) in [5, 5.41) is 2.07. The molecule has 0 aliphatic carbocycles. The van der Waals surface area contributed by atoms with Crippen molar-refractivity contribution < 1.29 is 0 Å². The first-order valence-corrected chi connectivity index (χ1v) is 3.69. The second-order valence-electron chi connectivity index (χ2n) is 1.88. The zero-order chi connectivity index (χ0) is 6.69. The van der Waals surface area contributed by atoms with E-state index in [2.05, 4.69) is 23.8 Å². The molecular formula is C6H10N2S. The molecule has 3 heteroatoms. The highest BCUT2D eigenvalue weighted by Gasteiger charge is 1.94. The van der Waals surface area contributed by atoms with E-state index in [-0.39, 0.29) is 0 Å². The second-order valence-corrected chi connectivity index (χ2v) is 3.00. The smallest absolute Gasteiger partial charge is 0.0359 e. The van der Waals surface area contributed by atoms with Gasteiger partial charge in [0, 0.05) is 11.4 Å². The molecule has 0 saturated heterocycles. The molecule has 0 fully saturated rings. The van der Waals surface area contributed by atoms with E-state index in [0.29, 0.717) is 0 Å². The van der Waals surface area contributed by atoms with Gasteiger partial charge in [-0.3, -0.25) is 11.3 Å². The lowest BCUT2D eigenvalue weighted by Crippen LogP contribution is -2.20. The summed E-state index contributed by atoms with van der Waals surface area (Å²) in [4.78, 5) is 1.34. The molecule has 1 aromatic rings. The summed E-state index contributed by atoms with van der Waals surface area (Å²) < 4.78 is 0. The van der Waals surface area contributed by atoms with Crippen LogP contribution in [0.1, 0.15) is 10.4 Å². The Balaban J connectivity index is 2.69. The van der Waals surface area contributed by atoms with Crippen molar-refractivity contribution in [2.45, 2.75) is 13.5 Å². The van der Waals surface area contributed by atoms with Gasteiger partial charge in [0.15, 0.2) is 0 Å². The fourth-order valence-corrected chi connectivity index (χ4v) is 1.43. The molecule has 0 spiro atoms. The molecule has 3 N–H and O–H groups in total. The fourth-order valence-electron chi connectivity index (χ4n) is 0.705. The number of nitrogens with two attached hydrogens (primary N) is 1. The summed E-state index contributed by atoms with van der Waals surface area (Å²) in [5.41, 5.74) is 3.91. The van der Waals surface area contributed by atoms with Crippen LogP contribution in [-0.4, -0.2) is 0 Å².